The summed E-state index contributed by atoms with van der Waals surface area (Å²) in [6.07, 6.45) is 0. The SMILES string of the molecule is Cc1ccc(C(=O)OCC(=O)c2ccc3c(c2)OCCO3)c(C)c1. The molecule has 24 heavy (non-hydrogen) atoms. The highest BCUT2D eigenvalue weighted by atomic mass is 16.6. The summed E-state index contributed by atoms with van der Waals surface area (Å²) in [5, 5.41) is 0. The molecule has 0 bridgehead atoms. The number of ketones is 1. The molecule has 5 heteroatoms. The zero-order valence-corrected chi connectivity index (χ0v) is 13.6. The molecule has 1 aliphatic rings. The van der Waals surface area contributed by atoms with Gasteiger partial charge in [0.1, 0.15) is 13.2 Å². The number of hydrogen-bond acceptors (Lipinski definition) is 5. The number of aryl methyl sites for hydroxylation is 2. The van der Waals surface area contributed by atoms with Crippen molar-refractivity contribution in [1.29, 1.82) is 0 Å². The fraction of sp³-hybridized carbons (Fsp3) is 0.263. The van der Waals surface area contributed by atoms with Gasteiger partial charge in [-0.1, -0.05) is 17.7 Å². The van der Waals surface area contributed by atoms with Crippen LogP contribution in [0.15, 0.2) is 36.4 Å². The highest BCUT2D eigenvalue weighted by molar-refractivity contribution is 6.00. The van der Waals surface area contributed by atoms with Gasteiger partial charge in [0.15, 0.2) is 23.9 Å². The second-order valence-corrected chi connectivity index (χ2v) is 5.68. The van der Waals surface area contributed by atoms with Crippen molar-refractivity contribution in [3.8, 4) is 11.5 Å². The molecule has 1 aliphatic heterocycles. The average Bonchev–Trinajstić information content (AvgIpc) is 2.59. The monoisotopic (exact) mass is 326 g/mol. The lowest BCUT2D eigenvalue weighted by molar-refractivity contribution is 0.0474. The van der Waals surface area contributed by atoms with E-state index in [1.807, 2.05) is 26.0 Å². The summed E-state index contributed by atoms with van der Waals surface area (Å²) in [6.45, 7) is 4.42. The molecule has 0 saturated heterocycles. The van der Waals surface area contributed by atoms with Crippen molar-refractivity contribution in [3.05, 3.63) is 58.7 Å². The summed E-state index contributed by atoms with van der Waals surface area (Å²) >= 11 is 0. The summed E-state index contributed by atoms with van der Waals surface area (Å²) in [6, 6.07) is 10.4. The normalized spacial score (nSPS) is 12.6. The van der Waals surface area contributed by atoms with Crippen LogP contribution in [-0.2, 0) is 4.74 Å². The molecule has 2 aromatic rings. The van der Waals surface area contributed by atoms with Gasteiger partial charge < -0.3 is 14.2 Å². The standard InChI is InChI=1S/C19H18O5/c1-12-3-5-15(13(2)9-12)19(21)24-11-16(20)14-4-6-17-18(10-14)23-8-7-22-17/h3-6,9-10H,7-8,11H2,1-2H3. The van der Waals surface area contributed by atoms with Crippen molar-refractivity contribution >= 4 is 11.8 Å². The summed E-state index contributed by atoms with van der Waals surface area (Å²) in [5.74, 6) is 0.362. The zero-order chi connectivity index (χ0) is 17.1. The third-order valence-corrected chi connectivity index (χ3v) is 3.80. The van der Waals surface area contributed by atoms with Gasteiger partial charge in [0.25, 0.3) is 0 Å². The van der Waals surface area contributed by atoms with Crippen LogP contribution in [0, 0.1) is 13.8 Å². The van der Waals surface area contributed by atoms with Gasteiger partial charge in [-0.15, -0.1) is 0 Å². The van der Waals surface area contributed by atoms with Gasteiger partial charge in [0.2, 0.25) is 0 Å². The number of carbonyl (C=O) groups excluding carboxylic acids is 2. The van der Waals surface area contributed by atoms with E-state index in [9.17, 15) is 9.59 Å². The summed E-state index contributed by atoms with van der Waals surface area (Å²) in [7, 11) is 0. The van der Waals surface area contributed by atoms with Crippen molar-refractivity contribution in [1.82, 2.24) is 0 Å². The molecule has 0 spiro atoms. The van der Waals surface area contributed by atoms with Gasteiger partial charge in [-0.05, 0) is 43.7 Å². The highest BCUT2D eigenvalue weighted by Crippen LogP contribution is 2.30. The van der Waals surface area contributed by atoms with E-state index in [0.717, 1.165) is 11.1 Å². The quantitative estimate of drug-likeness (QED) is 0.638. The van der Waals surface area contributed by atoms with Crippen LogP contribution in [0.4, 0.5) is 0 Å². The maximum absolute atomic E-state index is 12.2. The Balaban J connectivity index is 1.66. The Kier molecular flexibility index (Phi) is 4.51. The highest BCUT2D eigenvalue weighted by Gasteiger charge is 2.17. The molecular formula is C19H18O5. The maximum atomic E-state index is 12.2. The third kappa shape index (κ3) is 3.40. The molecule has 0 unspecified atom stereocenters. The maximum Gasteiger partial charge on any atom is 0.338 e. The van der Waals surface area contributed by atoms with Crippen LogP contribution in [0.3, 0.4) is 0 Å². The Labute approximate surface area is 140 Å². The van der Waals surface area contributed by atoms with Crippen molar-refractivity contribution in [2.45, 2.75) is 13.8 Å². The van der Waals surface area contributed by atoms with Crippen LogP contribution in [0.5, 0.6) is 11.5 Å². The number of esters is 1. The summed E-state index contributed by atoms with van der Waals surface area (Å²) in [5.41, 5.74) is 2.78. The molecule has 0 amide bonds. The van der Waals surface area contributed by atoms with Gasteiger partial charge in [0.05, 0.1) is 5.56 Å². The van der Waals surface area contributed by atoms with E-state index in [0.29, 0.717) is 35.8 Å². The van der Waals surface area contributed by atoms with Gasteiger partial charge in [-0.25, -0.2) is 4.79 Å². The number of carbonyl (C=O) groups is 2. The van der Waals surface area contributed by atoms with E-state index in [4.69, 9.17) is 14.2 Å². The smallest absolute Gasteiger partial charge is 0.338 e. The van der Waals surface area contributed by atoms with E-state index in [2.05, 4.69) is 0 Å². The predicted molar refractivity (Wildman–Crippen MR) is 88.0 cm³/mol. The number of ether oxygens (including phenoxy) is 3. The van der Waals surface area contributed by atoms with Gasteiger partial charge in [-0.3, -0.25) is 4.79 Å². The molecule has 3 rings (SSSR count). The Bertz CT molecular complexity index is 794. The first-order valence-electron chi connectivity index (χ1n) is 7.72. The van der Waals surface area contributed by atoms with E-state index in [1.165, 1.54) is 0 Å². The molecule has 0 saturated carbocycles. The molecule has 0 aliphatic carbocycles. The minimum Gasteiger partial charge on any atom is -0.486 e. The van der Waals surface area contributed by atoms with Crippen molar-refractivity contribution in [3.63, 3.8) is 0 Å². The first-order valence-corrected chi connectivity index (χ1v) is 7.72. The number of fused-ring (bicyclic) bond motifs is 1. The molecule has 1 heterocycles. The lowest BCUT2D eigenvalue weighted by Gasteiger charge is -2.18. The Morgan fingerprint density at radius 2 is 1.75 bits per heavy atom. The Hall–Kier alpha value is -2.82. The van der Waals surface area contributed by atoms with Crippen molar-refractivity contribution in [2.24, 2.45) is 0 Å². The van der Waals surface area contributed by atoms with Crippen LogP contribution in [0.2, 0.25) is 0 Å². The fourth-order valence-electron chi connectivity index (χ4n) is 2.55. The molecular weight excluding hydrogens is 308 g/mol. The van der Waals surface area contributed by atoms with Crippen LogP contribution < -0.4 is 9.47 Å². The molecule has 0 N–H and O–H groups in total. The largest absolute Gasteiger partial charge is 0.486 e. The Morgan fingerprint density at radius 1 is 1.00 bits per heavy atom. The molecule has 124 valence electrons. The molecule has 0 fully saturated rings. The third-order valence-electron chi connectivity index (χ3n) is 3.80. The lowest BCUT2D eigenvalue weighted by Crippen LogP contribution is -2.17. The zero-order valence-electron chi connectivity index (χ0n) is 13.6. The number of benzene rings is 2. The first kappa shape index (κ1) is 16.1. The van der Waals surface area contributed by atoms with Crippen molar-refractivity contribution in [2.75, 3.05) is 19.8 Å². The summed E-state index contributed by atoms with van der Waals surface area (Å²) < 4.78 is 16.0. The second kappa shape index (κ2) is 6.74. The minimum absolute atomic E-state index is 0.287. The number of hydrogen-bond donors (Lipinski definition) is 0. The molecule has 5 nitrogen and oxygen atoms in total. The Morgan fingerprint density at radius 3 is 2.50 bits per heavy atom. The molecule has 2 aromatic carbocycles. The molecule has 0 aromatic heterocycles. The summed E-state index contributed by atoms with van der Waals surface area (Å²) in [4.78, 5) is 24.4. The van der Waals surface area contributed by atoms with Gasteiger partial charge in [0, 0.05) is 5.56 Å². The number of rotatable bonds is 4. The van der Waals surface area contributed by atoms with E-state index < -0.39 is 5.97 Å². The van der Waals surface area contributed by atoms with Crippen LogP contribution in [0.25, 0.3) is 0 Å². The van der Waals surface area contributed by atoms with Crippen LogP contribution in [-0.4, -0.2) is 31.6 Å². The van der Waals surface area contributed by atoms with Crippen LogP contribution in [0.1, 0.15) is 31.8 Å². The average molecular weight is 326 g/mol. The molecule has 0 radical (unpaired) electrons. The minimum atomic E-state index is -0.501. The fourth-order valence-corrected chi connectivity index (χ4v) is 2.55. The van der Waals surface area contributed by atoms with E-state index in [1.54, 1.807) is 24.3 Å². The lowest BCUT2D eigenvalue weighted by atomic mass is 10.1. The van der Waals surface area contributed by atoms with Crippen LogP contribution >= 0.6 is 0 Å². The topological polar surface area (TPSA) is 61.8 Å². The second-order valence-electron chi connectivity index (χ2n) is 5.68. The number of Topliss-reactive ketones (excluding diaryl/α,β-unsaturated/α-hetero) is 1. The van der Waals surface area contributed by atoms with Crippen molar-refractivity contribution < 1.29 is 23.8 Å². The van der Waals surface area contributed by atoms with Gasteiger partial charge in [-0.2, -0.15) is 0 Å². The predicted octanol–water partition coefficient (Wildman–Crippen LogP) is 3.11. The van der Waals surface area contributed by atoms with E-state index >= 15 is 0 Å². The van der Waals surface area contributed by atoms with E-state index in [-0.39, 0.29) is 12.4 Å². The van der Waals surface area contributed by atoms with Gasteiger partial charge >= 0.3 is 5.97 Å². The first-order chi connectivity index (χ1) is 11.5. The molecule has 0 atom stereocenters.